The Morgan fingerprint density at radius 3 is 3.00 bits per heavy atom. The molecule has 0 aliphatic carbocycles. The van der Waals surface area contributed by atoms with E-state index in [0.29, 0.717) is 11.7 Å². The number of nitrogens with one attached hydrogen (secondary N) is 1. The maximum absolute atomic E-state index is 12.3. The van der Waals surface area contributed by atoms with Crippen LogP contribution in [0.25, 0.3) is 0 Å². The van der Waals surface area contributed by atoms with Crippen LogP contribution in [0.15, 0.2) is 21.6 Å². The van der Waals surface area contributed by atoms with Gasteiger partial charge in [-0.25, -0.2) is 0 Å². The van der Waals surface area contributed by atoms with Crippen molar-refractivity contribution in [3.63, 3.8) is 0 Å². The van der Waals surface area contributed by atoms with Crippen LogP contribution in [-0.2, 0) is 0 Å². The van der Waals surface area contributed by atoms with Crippen LogP contribution in [0.4, 0.5) is 0 Å². The van der Waals surface area contributed by atoms with E-state index >= 15 is 0 Å². The molecule has 0 saturated carbocycles. The molecule has 2 heterocycles. The molecule has 0 spiro atoms. The van der Waals surface area contributed by atoms with Gasteiger partial charge in [0.2, 0.25) is 0 Å². The molecule has 1 saturated heterocycles. The first kappa shape index (κ1) is 16.4. The van der Waals surface area contributed by atoms with E-state index in [1.165, 1.54) is 18.2 Å². The molecule has 1 N–H and O–H groups in total. The molecule has 1 aliphatic rings. The second-order valence-electron chi connectivity index (χ2n) is 4.64. The number of carbonyl (C=O) groups is 1. The van der Waals surface area contributed by atoms with Crippen LogP contribution in [-0.4, -0.2) is 43.7 Å². The number of carbonyl (C=O) groups excluding carboxylic acids is 1. The Morgan fingerprint density at radius 2 is 2.37 bits per heavy atom. The second kappa shape index (κ2) is 7.82. The Labute approximate surface area is 124 Å². The van der Waals surface area contributed by atoms with Gasteiger partial charge in [0.05, 0.1) is 0 Å². The summed E-state index contributed by atoms with van der Waals surface area (Å²) in [6.45, 7) is 2.64. The first-order chi connectivity index (χ1) is 8.74. The van der Waals surface area contributed by atoms with E-state index in [1.807, 2.05) is 24.3 Å². The average molecular weight is 305 g/mol. The zero-order valence-electron chi connectivity index (χ0n) is 11.3. The fourth-order valence-electron chi connectivity index (χ4n) is 2.41. The lowest BCUT2D eigenvalue weighted by atomic mass is 9.98. The molecule has 1 unspecified atom stereocenters. The molecule has 19 heavy (non-hydrogen) atoms. The third kappa shape index (κ3) is 4.16. The zero-order valence-corrected chi connectivity index (χ0v) is 13.0. The highest BCUT2D eigenvalue weighted by molar-refractivity contribution is 7.98. The van der Waals surface area contributed by atoms with Crippen LogP contribution in [0.5, 0.6) is 0 Å². The smallest absolute Gasteiger partial charge is 0.289 e. The van der Waals surface area contributed by atoms with Crippen molar-refractivity contribution in [3.8, 4) is 0 Å². The molecule has 6 heteroatoms. The summed E-state index contributed by atoms with van der Waals surface area (Å²) in [5.74, 6) is 1.04. The summed E-state index contributed by atoms with van der Waals surface area (Å²) in [5.41, 5.74) is 0. The summed E-state index contributed by atoms with van der Waals surface area (Å²) in [6.07, 6.45) is 4.21. The van der Waals surface area contributed by atoms with E-state index in [9.17, 15) is 4.79 Å². The molecule has 1 fully saturated rings. The minimum atomic E-state index is 0. The van der Waals surface area contributed by atoms with Crippen LogP contribution in [0, 0.1) is 5.92 Å². The maximum Gasteiger partial charge on any atom is 0.289 e. The third-order valence-electron chi connectivity index (χ3n) is 3.29. The zero-order chi connectivity index (χ0) is 13.0. The van der Waals surface area contributed by atoms with E-state index < -0.39 is 0 Å². The van der Waals surface area contributed by atoms with Crippen molar-refractivity contribution in [2.75, 3.05) is 32.9 Å². The van der Waals surface area contributed by atoms with Crippen molar-refractivity contribution in [2.24, 2.45) is 5.92 Å². The van der Waals surface area contributed by atoms with Gasteiger partial charge in [-0.1, -0.05) is 11.8 Å². The summed E-state index contributed by atoms with van der Waals surface area (Å²) in [5, 5.41) is 3.98. The van der Waals surface area contributed by atoms with Gasteiger partial charge in [0.1, 0.15) is 0 Å². The standard InChI is InChI=1S/C13H20N2O2S.ClH/c1-14-8-10-4-3-7-15(9-10)13(16)11-5-6-12(17-11)18-2;/h5-6,10,14H,3-4,7-9H2,1-2H3;1H. The molecule has 1 amide bonds. The summed E-state index contributed by atoms with van der Waals surface area (Å²) in [7, 11) is 1.96. The Morgan fingerprint density at radius 1 is 1.58 bits per heavy atom. The van der Waals surface area contributed by atoms with Gasteiger partial charge in [-0.15, -0.1) is 12.4 Å². The molecule has 2 rings (SSSR count). The van der Waals surface area contributed by atoms with Gasteiger partial charge in [0.15, 0.2) is 10.9 Å². The lowest BCUT2D eigenvalue weighted by Gasteiger charge is -2.32. The minimum Gasteiger partial charge on any atom is -0.445 e. The van der Waals surface area contributed by atoms with Crippen LogP contribution < -0.4 is 5.32 Å². The van der Waals surface area contributed by atoms with Gasteiger partial charge in [-0.05, 0) is 50.7 Å². The minimum absolute atomic E-state index is 0. The van der Waals surface area contributed by atoms with Crippen LogP contribution in [0.2, 0.25) is 0 Å². The van der Waals surface area contributed by atoms with Crippen molar-refractivity contribution < 1.29 is 9.21 Å². The highest BCUT2D eigenvalue weighted by Gasteiger charge is 2.25. The molecule has 0 radical (unpaired) electrons. The van der Waals surface area contributed by atoms with Crippen molar-refractivity contribution in [1.29, 1.82) is 0 Å². The molecule has 1 aromatic heterocycles. The monoisotopic (exact) mass is 304 g/mol. The Balaban J connectivity index is 0.00000180. The second-order valence-corrected chi connectivity index (χ2v) is 5.45. The molecule has 1 aliphatic heterocycles. The number of piperidine rings is 1. The van der Waals surface area contributed by atoms with Crippen molar-refractivity contribution in [2.45, 2.75) is 17.9 Å². The van der Waals surface area contributed by atoms with Crippen molar-refractivity contribution >= 4 is 30.1 Å². The fourth-order valence-corrected chi connectivity index (χ4v) is 2.78. The Bertz CT molecular complexity index is 409. The van der Waals surface area contributed by atoms with Gasteiger partial charge in [0.25, 0.3) is 5.91 Å². The fraction of sp³-hybridized carbons (Fsp3) is 0.615. The SMILES string of the molecule is CNCC1CCCN(C(=O)c2ccc(SC)o2)C1.Cl. The number of hydrogen-bond acceptors (Lipinski definition) is 4. The van der Waals surface area contributed by atoms with Crippen molar-refractivity contribution in [3.05, 3.63) is 17.9 Å². The van der Waals surface area contributed by atoms with Gasteiger partial charge in [-0.2, -0.15) is 0 Å². The van der Waals surface area contributed by atoms with Gasteiger partial charge < -0.3 is 14.6 Å². The van der Waals surface area contributed by atoms with Gasteiger partial charge in [0, 0.05) is 13.1 Å². The summed E-state index contributed by atoms with van der Waals surface area (Å²) < 4.78 is 5.50. The molecule has 108 valence electrons. The van der Waals surface area contributed by atoms with E-state index in [-0.39, 0.29) is 18.3 Å². The number of hydrogen-bond donors (Lipinski definition) is 1. The number of rotatable bonds is 4. The number of nitrogens with zero attached hydrogens (tertiary/aromatic N) is 1. The summed E-state index contributed by atoms with van der Waals surface area (Å²) in [4.78, 5) is 14.2. The first-order valence-corrected chi connectivity index (χ1v) is 7.54. The topological polar surface area (TPSA) is 45.5 Å². The van der Waals surface area contributed by atoms with E-state index in [4.69, 9.17) is 4.42 Å². The van der Waals surface area contributed by atoms with E-state index in [1.54, 1.807) is 6.07 Å². The van der Waals surface area contributed by atoms with Gasteiger partial charge >= 0.3 is 0 Å². The quantitative estimate of drug-likeness (QED) is 0.868. The average Bonchev–Trinajstić information content (AvgIpc) is 2.87. The van der Waals surface area contributed by atoms with Crippen LogP contribution in [0.3, 0.4) is 0 Å². The summed E-state index contributed by atoms with van der Waals surface area (Å²) >= 11 is 1.51. The molecular weight excluding hydrogens is 284 g/mol. The normalized spacial score (nSPS) is 19.1. The van der Waals surface area contributed by atoms with E-state index in [2.05, 4.69) is 5.32 Å². The maximum atomic E-state index is 12.3. The van der Waals surface area contributed by atoms with Crippen molar-refractivity contribution in [1.82, 2.24) is 10.2 Å². The molecule has 1 aromatic rings. The number of thioether (sulfide) groups is 1. The largest absolute Gasteiger partial charge is 0.445 e. The number of likely N-dealkylation sites (tertiary alicyclic amines) is 1. The van der Waals surface area contributed by atoms with Gasteiger partial charge in [-0.3, -0.25) is 4.79 Å². The lowest BCUT2D eigenvalue weighted by Crippen LogP contribution is -2.42. The Hall–Kier alpha value is -0.650. The number of furan rings is 1. The molecule has 4 nitrogen and oxygen atoms in total. The molecule has 1 atom stereocenters. The highest BCUT2D eigenvalue weighted by atomic mass is 35.5. The molecule has 0 bridgehead atoms. The molecular formula is C13H21ClN2O2S. The first-order valence-electron chi connectivity index (χ1n) is 6.32. The number of amides is 1. The lowest BCUT2D eigenvalue weighted by molar-refractivity contribution is 0.0637. The Kier molecular flexibility index (Phi) is 6.75. The molecule has 0 aromatic carbocycles. The van der Waals surface area contributed by atoms with Crippen LogP contribution in [0.1, 0.15) is 23.4 Å². The highest BCUT2D eigenvalue weighted by Crippen LogP contribution is 2.22. The predicted octanol–water partition coefficient (Wildman–Crippen LogP) is 2.49. The third-order valence-corrected chi connectivity index (χ3v) is 3.91. The predicted molar refractivity (Wildman–Crippen MR) is 80.3 cm³/mol. The van der Waals surface area contributed by atoms with E-state index in [0.717, 1.165) is 31.1 Å². The van der Waals surface area contributed by atoms with Crippen LogP contribution >= 0.6 is 24.2 Å². The summed E-state index contributed by atoms with van der Waals surface area (Å²) in [6, 6.07) is 3.63. The number of halogens is 1.